The minimum Gasteiger partial charge on any atom is -0.320 e. The summed E-state index contributed by atoms with van der Waals surface area (Å²) in [6.45, 7) is 3.84. The van der Waals surface area contributed by atoms with Gasteiger partial charge >= 0.3 is 0 Å². The van der Waals surface area contributed by atoms with Gasteiger partial charge in [-0.2, -0.15) is 0 Å². The third-order valence-electron chi connectivity index (χ3n) is 3.58. The molecule has 0 bridgehead atoms. The molecule has 0 aliphatic heterocycles. The third kappa shape index (κ3) is 4.19. The lowest BCUT2D eigenvalue weighted by Crippen LogP contribution is -2.19. The number of hydrogen-bond acceptors (Lipinski definition) is 4. The molecule has 0 saturated carbocycles. The van der Waals surface area contributed by atoms with Crippen LogP contribution in [-0.4, -0.2) is 29.6 Å². The van der Waals surface area contributed by atoms with E-state index in [0.717, 1.165) is 11.3 Å². The number of imidazole rings is 1. The van der Waals surface area contributed by atoms with Gasteiger partial charge in [0.2, 0.25) is 5.91 Å². The fraction of sp³-hybridized carbons (Fsp3) is 0.375. The fourth-order valence-corrected chi connectivity index (χ4v) is 3.42. The van der Waals surface area contributed by atoms with Crippen LogP contribution in [0, 0.1) is 6.92 Å². The summed E-state index contributed by atoms with van der Waals surface area (Å²) >= 11 is 0. The highest BCUT2D eigenvalue weighted by Crippen LogP contribution is 2.16. The van der Waals surface area contributed by atoms with E-state index in [4.69, 9.17) is 0 Å². The highest BCUT2D eigenvalue weighted by molar-refractivity contribution is 7.91. The summed E-state index contributed by atoms with van der Waals surface area (Å²) in [5.41, 5.74) is 1.77. The SMILES string of the molecule is CCc1ncn(C)c1NC(=O)CCS(=O)(=O)c1ccc(C)cc1. The molecule has 2 aromatic rings. The number of hydrogen-bond donors (Lipinski definition) is 1. The molecule has 0 saturated heterocycles. The van der Waals surface area contributed by atoms with Crippen molar-refractivity contribution in [3.05, 3.63) is 41.9 Å². The summed E-state index contributed by atoms with van der Waals surface area (Å²) < 4.78 is 26.2. The molecule has 1 amide bonds. The number of aryl methyl sites for hydroxylation is 3. The van der Waals surface area contributed by atoms with Gasteiger partial charge in [0.25, 0.3) is 0 Å². The van der Waals surface area contributed by atoms with Crippen molar-refractivity contribution >= 4 is 21.6 Å². The molecular formula is C16H21N3O3S. The normalized spacial score (nSPS) is 11.4. The topological polar surface area (TPSA) is 81.1 Å². The first-order valence-corrected chi connectivity index (χ1v) is 9.08. The Kier molecular flexibility index (Phi) is 5.20. The van der Waals surface area contributed by atoms with Gasteiger partial charge in [-0.05, 0) is 25.5 Å². The second-order valence-corrected chi connectivity index (χ2v) is 7.54. The first-order valence-electron chi connectivity index (χ1n) is 7.43. The van der Waals surface area contributed by atoms with Gasteiger partial charge in [-0.1, -0.05) is 24.6 Å². The molecule has 0 radical (unpaired) electrons. The minimum atomic E-state index is -3.46. The van der Waals surface area contributed by atoms with E-state index in [9.17, 15) is 13.2 Å². The molecule has 0 fully saturated rings. The highest BCUT2D eigenvalue weighted by Gasteiger charge is 2.17. The lowest BCUT2D eigenvalue weighted by molar-refractivity contribution is -0.115. The maximum absolute atomic E-state index is 12.2. The third-order valence-corrected chi connectivity index (χ3v) is 5.32. The molecular weight excluding hydrogens is 314 g/mol. The quantitative estimate of drug-likeness (QED) is 0.876. The molecule has 1 aromatic heterocycles. The van der Waals surface area contributed by atoms with Crippen LogP contribution in [0.4, 0.5) is 5.82 Å². The van der Waals surface area contributed by atoms with E-state index in [1.54, 1.807) is 42.2 Å². The number of carbonyl (C=O) groups is 1. The number of sulfone groups is 1. The van der Waals surface area contributed by atoms with Crippen molar-refractivity contribution in [2.75, 3.05) is 11.1 Å². The van der Waals surface area contributed by atoms with Crippen LogP contribution in [0.1, 0.15) is 24.6 Å². The van der Waals surface area contributed by atoms with Crippen molar-refractivity contribution in [3.8, 4) is 0 Å². The molecule has 0 atom stereocenters. The molecule has 7 heteroatoms. The van der Waals surface area contributed by atoms with Gasteiger partial charge < -0.3 is 9.88 Å². The van der Waals surface area contributed by atoms with E-state index in [2.05, 4.69) is 10.3 Å². The number of benzene rings is 1. The average molecular weight is 335 g/mol. The second kappa shape index (κ2) is 6.95. The number of anilines is 1. The zero-order valence-corrected chi connectivity index (χ0v) is 14.4. The van der Waals surface area contributed by atoms with Crippen LogP contribution in [0.25, 0.3) is 0 Å². The molecule has 0 aliphatic rings. The molecule has 1 heterocycles. The standard InChI is InChI=1S/C16H21N3O3S/c1-4-14-16(19(3)11-17-14)18-15(20)9-10-23(21,22)13-7-5-12(2)6-8-13/h5-8,11H,4,9-10H2,1-3H3,(H,18,20). The lowest BCUT2D eigenvalue weighted by atomic mass is 10.2. The van der Waals surface area contributed by atoms with Gasteiger partial charge in [0, 0.05) is 13.5 Å². The Morgan fingerprint density at radius 2 is 1.91 bits per heavy atom. The number of aromatic nitrogens is 2. The second-order valence-electron chi connectivity index (χ2n) is 5.43. The van der Waals surface area contributed by atoms with E-state index < -0.39 is 9.84 Å². The molecule has 2 rings (SSSR count). The average Bonchev–Trinajstić information content (AvgIpc) is 2.86. The van der Waals surface area contributed by atoms with Crippen molar-refractivity contribution in [1.29, 1.82) is 0 Å². The number of nitrogens with one attached hydrogen (secondary N) is 1. The Labute approximate surface area is 136 Å². The Morgan fingerprint density at radius 1 is 1.26 bits per heavy atom. The van der Waals surface area contributed by atoms with E-state index in [1.165, 1.54) is 0 Å². The van der Waals surface area contributed by atoms with Crippen LogP contribution >= 0.6 is 0 Å². The Bertz CT molecular complexity index is 792. The molecule has 1 aromatic carbocycles. The van der Waals surface area contributed by atoms with Crippen molar-refractivity contribution in [2.45, 2.75) is 31.6 Å². The van der Waals surface area contributed by atoms with Crippen molar-refractivity contribution < 1.29 is 13.2 Å². The molecule has 0 aliphatic carbocycles. The molecule has 124 valence electrons. The first kappa shape index (κ1) is 17.2. The molecule has 6 nitrogen and oxygen atoms in total. The first-order chi connectivity index (χ1) is 10.8. The van der Waals surface area contributed by atoms with E-state index in [0.29, 0.717) is 12.2 Å². The number of carbonyl (C=O) groups excluding carboxylic acids is 1. The van der Waals surface area contributed by atoms with Crippen molar-refractivity contribution in [2.24, 2.45) is 7.05 Å². The summed E-state index contributed by atoms with van der Waals surface area (Å²) in [7, 11) is -1.68. The fourth-order valence-electron chi connectivity index (χ4n) is 2.18. The van der Waals surface area contributed by atoms with Crippen molar-refractivity contribution in [1.82, 2.24) is 9.55 Å². The largest absolute Gasteiger partial charge is 0.320 e. The monoisotopic (exact) mass is 335 g/mol. The van der Waals surface area contributed by atoms with E-state index >= 15 is 0 Å². The Morgan fingerprint density at radius 3 is 2.52 bits per heavy atom. The Hall–Kier alpha value is -2.15. The van der Waals surface area contributed by atoms with Gasteiger partial charge in [-0.3, -0.25) is 4.79 Å². The maximum Gasteiger partial charge on any atom is 0.226 e. The zero-order chi connectivity index (χ0) is 17.0. The maximum atomic E-state index is 12.2. The number of amides is 1. The smallest absolute Gasteiger partial charge is 0.226 e. The van der Waals surface area contributed by atoms with Gasteiger partial charge in [-0.25, -0.2) is 13.4 Å². The van der Waals surface area contributed by atoms with Crippen LogP contribution in [0.2, 0.25) is 0 Å². The molecule has 0 spiro atoms. The molecule has 23 heavy (non-hydrogen) atoms. The van der Waals surface area contributed by atoms with Crippen LogP contribution in [0.15, 0.2) is 35.5 Å². The molecule has 1 N–H and O–H groups in total. The number of nitrogens with zero attached hydrogens (tertiary/aromatic N) is 2. The number of rotatable bonds is 6. The van der Waals surface area contributed by atoms with Gasteiger partial charge in [0.05, 0.1) is 22.7 Å². The van der Waals surface area contributed by atoms with Crippen LogP contribution in [-0.2, 0) is 28.1 Å². The predicted octanol–water partition coefficient (Wildman–Crippen LogP) is 2.09. The summed E-state index contributed by atoms with van der Waals surface area (Å²) in [5.74, 6) is 0.0607. The van der Waals surface area contributed by atoms with E-state index in [-0.39, 0.29) is 23.0 Å². The van der Waals surface area contributed by atoms with Crippen LogP contribution < -0.4 is 5.32 Å². The summed E-state index contributed by atoms with van der Waals surface area (Å²) in [4.78, 5) is 16.5. The van der Waals surface area contributed by atoms with Gasteiger partial charge in [-0.15, -0.1) is 0 Å². The summed E-state index contributed by atoms with van der Waals surface area (Å²) in [5, 5.41) is 2.74. The summed E-state index contributed by atoms with van der Waals surface area (Å²) in [6, 6.07) is 6.63. The Balaban J connectivity index is 2.01. The van der Waals surface area contributed by atoms with Gasteiger partial charge in [0.15, 0.2) is 9.84 Å². The van der Waals surface area contributed by atoms with Crippen molar-refractivity contribution in [3.63, 3.8) is 0 Å². The van der Waals surface area contributed by atoms with E-state index in [1.807, 2.05) is 13.8 Å². The lowest BCUT2D eigenvalue weighted by Gasteiger charge is -2.08. The van der Waals surface area contributed by atoms with Gasteiger partial charge in [0.1, 0.15) is 5.82 Å². The van der Waals surface area contributed by atoms with Crippen LogP contribution in [0.5, 0.6) is 0 Å². The molecule has 0 unspecified atom stereocenters. The highest BCUT2D eigenvalue weighted by atomic mass is 32.2. The minimum absolute atomic E-state index is 0.0927. The zero-order valence-electron chi connectivity index (χ0n) is 13.5. The van der Waals surface area contributed by atoms with Crippen LogP contribution in [0.3, 0.4) is 0 Å². The summed E-state index contributed by atoms with van der Waals surface area (Å²) in [6.07, 6.45) is 2.22. The predicted molar refractivity (Wildman–Crippen MR) is 89.1 cm³/mol.